The van der Waals surface area contributed by atoms with Crippen molar-refractivity contribution in [1.82, 2.24) is 4.57 Å². The van der Waals surface area contributed by atoms with Crippen LogP contribution < -0.4 is 4.90 Å². The zero-order valence-electron chi connectivity index (χ0n) is 17.8. The normalized spacial score (nSPS) is 12.9. The van der Waals surface area contributed by atoms with Gasteiger partial charge in [-0.3, -0.25) is 0 Å². The minimum Gasteiger partial charge on any atom is -0.454 e. The quantitative estimate of drug-likeness (QED) is 0.282. The number of para-hydroxylation sites is 2. The minimum atomic E-state index is 0.177. The fraction of sp³-hybridized carbons (Fsp3) is 0.107. The van der Waals surface area contributed by atoms with Gasteiger partial charge in [-0.1, -0.05) is 36.4 Å². The van der Waals surface area contributed by atoms with E-state index in [1.165, 1.54) is 10.8 Å². The molecule has 0 amide bonds. The lowest BCUT2D eigenvalue weighted by Gasteiger charge is -2.36. The van der Waals surface area contributed by atoms with Gasteiger partial charge in [0, 0.05) is 27.6 Å². The first-order valence-corrected chi connectivity index (χ1v) is 10.9. The van der Waals surface area contributed by atoms with E-state index in [0.29, 0.717) is 5.56 Å². The van der Waals surface area contributed by atoms with E-state index in [1.807, 2.05) is 24.3 Å². The van der Waals surface area contributed by atoms with E-state index in [-0.39, 0.29) is 6.04 Å². The predicted molar refractivity (Wildman–Crippen MR) is 130 cm³/mol. The number of hydrogen-bond acceptors (Lipinski definition) is 3. The molecule has 1 aliphatic heterocycles. The van der Waals surface area contributed by atoms with Crippen molar-refractivity contribution in [2.24, 2.45) is 0 Å². The van der Waals surface area contributed by atoms with Crippen molar-refractivity contribution in [3.05, 3.63) is 78.4 Å². The molecule has 0 N–H and O–H groups in total. The lowest BCUT2D eigenvalue weighted by atomic mass is 10.0. The summed E-state index contributed by atoms with van der Waals surface area (Å²) in [7, 11) is 0. The molecule has 0 radical (unpaired) electrons. The Balaban J connectivity index is 1.80. The highest BCUT2D eigenvalue weighted by Gasteiger charge is 2.32. The molecule has 6 aromatic rings. The molecule has 3 heterocycles. The topological polar surface area (TPSA) is 45.1 Å². The third-order valence-corrected chi connectivity index (χ3v) is 6.64. The fourth-order valence-corrected chi connectivity index (χ4v) is 5.39. The van der Waals surface area contributed by atoms with Gasteiger partial charge in [0.25, 0.3) is 0 Å². The van der Waals surface area contributed by atoms with Gasteiger partial charge in [0.05, 0.1) is 34.0 Å². The number of nitriles is 1. The van der Waals surface area contributed by atoms with E-state index in [1.54, 1.807) is 0 Å². The van der Waals surface area contributed by atoms with Crippen LogP contribution in [0.3, 0.4) is 0 Å². The number of benzene rings is 4. The van der Waals surface area contributed by atoms with E-state index >= 15 is 0 Å². The maximum Gasteiger partial charge on any atom is 0.161 e. The molecule has 4 heteroatoms. The number of aromatic nitrogens is 1. The number of rotatable bonds is 1. The lowest BCUT2D eigenvalue weighted by Crippen LogP contribution is -2.29. The van der Waals surface area contributed by atoms with Crippen molar-refractivity contribution in [1.29, 1.82) is 5.26 Å². The summed E-state index contributed by atoms with van der Waals surface area (Å²) in [6, 6.07) is 27.5. The molecule has 4 aromatic carbocycles. The second-order valence-electron chi connectivity index (χ2n) is 8.73. The molecular formula is C28H19N3O. The van der Waals surface area contributed by atoms with Gasteiger partial charge in [-0.05, 0) is 50.2 Å². The molecule has 0 fully saturated rings. The van der Waals surface area contributed by atoms with Gasteiger partial charge < -0.3 is 13.9 Å². The highest BCUT2D eigenvalue weighted by atomic mass is 16.3. The molecule has 152 valence electrons. The van der Waals surface area contributed by atoms with Gasteiger partial charge in [-0.25, -0.2) is 0 Å². The Morgan fingerprint density at radius 2 is 1.59 bits per heavy atom. The average Bonchev–Trinajstić information content (AvgIpc) is 3.36. The molecule has 7 rings (SSSR count). The van der Waals surface area contributed by atoms with Crippen molar-refractivity contribution in [2.75, 3.05) is 4.90 Å². The Kier molecular flexibility index (Phi) is 3.23. The molecule has 0 saturated carbocycles. The SMILES string of the molecule is CC(C)N1c2cc(C#N)ccc2-n2c3ccccc3c3cc4c(oc5ccccc54)c1c32. The van der Waals surface area contributed by atoms with Crippen molar-refractivity contribution < 1.29 is 4.42 Å². The summed E-state index contributed by atoms with van der Waals surface area (Å²) < 4.78 is 8.83. The van der Waals surface area contributed by atoms with E-state index in [2.05, 4.69) is 77.9 Å². The molecule has 0 saturated heterocycles. The molecule has 2 aromatic heterocycles. The molecule has 0 bridgehead atoms. The van der Waals surface area contributed by atoms with Gasteiger partial charge >= 0.3 is 0 Å². The second kappa shape index (κ2) is 5.93. The van der Waals surface area contributed by atoms with E-state index in [9.17, 15) is 5.26 Å². The van der Waals surface area contributed by atoms with Gasteiger partial charge in [0.2, 0.25) is 0 Å². The number of anilines is 2. The monoisotopic (exact) mass is 413 g/mol. The Morgan fingerprint density at radius 3 is 2.41 bits per heavy atom. The maximum absolute atomic E-state index is 9.62. The number of hydrogen-bond donors (Lipinski definition) is 0. The highest BCUT2D eigenvalue weighted by Crippen LogP contribution is 2.52. The van der Waals surface area contributed by atoms with Crippen LogP contribution in [0.25, 0.3) is 49.4 Å². The highest BCUT2D eigenvalue weighted by molar-refractivity contribution is 6.25. The summed E-state index contributed by atoms with van der Waals surface area (Å²) in [5, 5.41) is 14.3. The number of furan rings is 1. The zero-order valence-corrected chi connectivity index (χ0v) is 17.8. The van der Waals surface area contributed by atoms with Crippen LogP contribution >= 0.6 is 0 Å². The summed E-state index contributed by atoms with van der Waals surface area (Å²) in [6.07, 6.45) is 0. The summed E-state index contributed by atoms with van der Waals surface area (Å²) in [5.74, 6) is 0. The van der Waals surface area contributed by atoms with E-state index in [4.69, 9.17) is 4.42 Å². The van der Waals surface area contributed by atoms with Crippen LogP contribution in [0.1, 0.15) is 19.4 Å². The van der Waals surface area contributed by atoms with Crippen LogP contribution in [0, 0.1) is 11.3 Å². The first kappa shape index (κ1) is 17.5. The number of nitrogens with zero attached hydrogens (tertiary/aromatic N) is 3. The lowest BCUT2D eigenvalue weighted by molar-refractivity contribution is 0.664. The van der Waals surface area contributed by atoms with E-state index < -0.39 is 0 Å². The first-order valence-electron chi connectivity index (χ1n) is 10.9. The van der Waals surface area contributed by atoms with Crippen LogP contribution in [-0.4, -0.2) is 10.6 Å². The van der Waals surface area contributed by atoms with Crippen LogP contribution in [-0.2, 0) is 0 Å². The minimum absolute atomic E-state index is 0.177. The van der Waals surface area contributed by atoms with Gasteiger partial charge in [-0.15, -0.1) is 0 Å². The molecule has 0 atom stereocenters. The Bertz CT molecular complexity index is 1780. The van der Waals surface area contributed by atoms with Crippen molar-refractivity contribution in [2.45, 2.75) is 19.9 Å². The molecular weight excluding hydrogens is 394 g/mol. The second-order valence-corrected chi connectivity index (χ2v) is 8.73. The standard InChI is InChI=1S/C28H19N3O/c1-16(2)30-24-13-17(15-29)11-12-23(24)31-22-9-5-3-7-18(22)20-14-21-19-8-4-6-10-25(19)32-28(21)27(30)26(20)31/h3-14,16H,1-2H3. The van der Waals surface area contributed by atoms with Gasteiger partial charge in [0.15, 0.2) is 5.58 Å². The Morgan fingerprint density at radius 1 is 0.812 bits per heavy atom. The molecule has 32 heavy (non-hydrogen) atoms. The van der Waals surface area contributed by atoms with Crippen LogP contribution in [0.4, 0.5) is 11.4 Å². The Labute approximate surface area is 184 Å². The summed E-state index contributed by atoms with van der Waals surface area (Å²) >= 11 is 0. The zero-order chi connectivity index (χ0) is 21.6. The Hall–Kier alpha value is -4.23. The average molecular weight is 413 g/mol. The predicted octanol–water partition coefficient (Wildman–Crippen LogP) is 7.41. The fourth-order valence-electron chi connectivity index (χ4n) is 5.39. The molecule has 0 spiro atoms. The third kappa shape index (κ3) is 2.01. The first-order chi connectivity index (χ1) is 15.7. The van der Waals surface area contributed by atoms with Crippen LogP contribution in [0.5, 0.6) is 0 Å². The summed E-state index contributed by atoms with van der Waals surface area (Å²) in [5.41, 5.74) is 7.95. The largest absolute Gasteiger partial charge is 0.454 e. The molecule has 4 nitrogen and oxygen atoms in total. The van der Waals surface area contributed by atoms with Gasteiger partial charge in [0.1, 0.15) is 11.3 Å². The van der Waals surface area contributed by atoms with Crippen LogP contribution in [0.2, 0.25) is 0 Å². The molecule has 0 aliphatic carbocycles. The number of fused-ring (bicyclic) bond motifs is 9. The van der Waals surface area contributed by atoms with Crippen LogP contribution in [0.15, 0.2) is 77.2 Å². The summed E-state index contributed by atoms with van der Waals surface area (Å²) in [4.78, 5) is 2.34. The van der Waals surface area contributed by atoms with Crippen molar-refractivity contribution >= 4 is 55.1 Å². The van der Waals surface area contributed by atoms with Crippen molar-refractivity contribution in [3.63, 3.8) is 0 Å². The van der Waals surface area contributed by atoms with Crippen molar-refractivity contribution in [3.8, 4) is 11.8 Å². The smallest absolute Gasteiger partial charge is 0.161 e. The van der Waals surface area contributed by atoms with E-state index in [0.717, 1.165) is 50.0 Å². The summed E-state index contributed by atoms with van der Waals surface area (Å²) in [6.45, 7) is 4.38. The molecule has 0 unspecified atom stereocenters. The third-order valence-electron chi connectivity index (χ3n) is 6.64. The van der Waals surface area contributed by atoms with Gasteiger partial charge in [-0.2, -0.15) is 5.26 Å². The molecule has 1 aliphatic rings. The maximum atomic E-state index is 9.62.